The van der Waals surface area contributed by atoms with Gasteiger partial charge in [-0.05, 0) is 55.8 Å². The van der Waals surface area contributed by atoms with Gasteiger partial charge in [0.2, 0.25) is 5.91 Å². The van der Waals surface area contributed by atoms with E-state index in [9.17, 15) is 4.79 Å². The lowest BCUT2D eigenvalue weighted by Gasteiger charge is -2.32. The molecule has 3 rings (SSSR count). The number of hydrogen-bond acceptors (Lipinski definition) is 1. The molecule has 3 aliphatic carbocycles. The fraction of sp³-hybridized carbons (Fsp3) is 0.941. The van der Waals surface area contributed by atoms with E-state index in [2.05, 4.69) is 12.2 Å². The van der Waals surface area contributed by atoms with Crippen LogP contribution in [0.4, 0.5) is 0 Å². The Labute approximate surface area is 119 Å². The van der Waals surface area contributed by atoms with E-state index in [-0.39, 0.29) is 20.8 Å². The van der Waals surface area contributed by atoms with Crippen LogP contribution in [0.3, 0.4) is 0 Å². The molecule has 0 radical (unpaired) electrons. The second-order valence-electron chi connectivity index (χ2n) is 6.58. The van der Waals surface area contributed by atoms with Crippen molar-refractivity contribution in [1.29, 1.82) is 0 Å². The maximum absolute atomic E-state index is 12.0. The third kappa shape index (κ3) is 2.68. The summed E-state index contributed by atoms with van der Waals surface area (Å²) in [5.74, 6) is 4.22. The number of rotatable bonds is 3. The normalized spacial score (nSPS) is 40.0. The molecular weight excluding hydrogens is 234 g/mol. The third-order valence-electron chi connectivity index (χ3n) is 5.82. The van der Waals surface area contributed by atoms with Gasteiger partial charge in [0, 0.05) is 12.0 Å². The molecule has 6 atom stereocenters. The van der Waals surface area contributed by atoms with E-state index in [1.165, 1.54) is 32.1 Å². The van der Waals surface area contributed by atoms with E-state index < -0.39 is 0 Å². The molecule has 0 heterocycles. The Balaban J connectivity index is 0.000000902. The largest absolute Gasteiger partial charge is 0.353 e. The topological polar surface area (TPSA) is 29.1 Å². The van der Waals surface area contributed by atoms with E-state index >= 15 is 0 Å². The third-order valence-corrected chi connectivity index (χ3v) is 5.82. The van der Waals surface area contributed by atoms with Gasteiger partial charge in [0.1, 0.15) is 0 Å². The highest BCUT2D eigenvalue weighted by atomic mass is 16.1. The van der Waals surface area contributed by atoms with Crippen LogP contribution in [0, 0.1) is 29.6 Å². The van der Waals surface area contributed by atoms with E-state index in [0.29, 0.717) is 11.9 Å². The summed E-state index contributed by atoms with van der Waals surface area (Å²) >= 11 is 0. The maximum atomic E-state index is 12.0. The summed E-state index contributed by atoms with van der Waals surface area (Å²) in [6, 6.07) is 0.515. The molecule has 1 N–H and O–H groups in total. The van der Waals surface area contributed by atoms with Crippen molar-refractivity contribution in [2.24, 2.45) is 29.6 Å². The van der Waals surface area contributed by atoms with Gasteiger partial charge < -0.3 is 5.32 Å². The van der Waals surface area contributed by atoms with Crippen LogP contribution in [0.1, 0.15) is 67.2 Å². The summed E-state index contributed by atoms with van der Waals surface area (Å²) in [7, 11) is 0. The average Bonchev–Trinajstić information content (AvgIpc) is 2.98. The Bertz CT molecular complexity index is 314. The monoisotopic (exact) mass is 267 g/mol. The van der Waals surface area contributed by atoms with Crippen LogP contribution in [0.5, 0.6) is 0 Å². The molecule has 3 fully saturated rings. The summed E-state index contributed by atoms with van der Waals surface area (Å²) in [6.45, 7) is 4.14. The zero-order valence-electron chi connectivity index (χ0n) is 11.1. The summed E-state index contributed by atoms with van der Waals surface area (Å²) in [5, 5.41) is 3.33. The first-order valence-corrected chi connectivity index (χ1v) is 7.51. The molecule has 1 amide bonds. The second kappa shape index (κ2) is 6.28. The van der Waals surface area contributed by atoms with E-state index in [1.54, 1.807) is 0 Å². The van der Waals surface area contributed by atoms with Gasteiger partial charge in [-0.2, -0.15) is 0 Å². The molecule has 0 aromatic heterocycles. The Kier molecular flexibility index (Phi) is 5.46. The van der Waals surface area contributed by atoms with E-state index in [4.69, 9.17) is 0 Å². The smallest absolute Gasteiger partial charge is 0.223 e. The average molecular weight is 267 g/mol. The van der Waals surface area contributed by atoms with Crippen LogP contribution in [-0.4, -0.2) is 11.9 Å². The molecule has 0 aromatic carbocycles. The van der Waals surface area contributed by atoms with Crippen LogP contribution in [0.25, 0.3) is 0 Å². The zero-order valence-corrected chi connectivity index (χ0v) is 11.1. The lowest BCUT2D eigenvalue weighted by molar-refractivity contribution is -0.125. The first kappa shape index (κ1) is 16.5. The predicted octanol–water partition coefficient (Wildman–Crippen LogP) is 4.25. The minimum absolute atomic E-state index is 0. The molecule has 0 saturated heterocycles. The molecule has 0 aromatic rings. The van der Waals surface area contributed by atoms with Crippen molar-refractivity contribution in [2.75, 3.05) is 0 Å². The molecule has 6 unspecified atom stereocenters. The van der Waals surface area contributed by atoms with E-state index in [1.807, 2.05) is 6.92 Å². The summed E-state index contributed by atoms with van der Waals surface area (Å²) < 4.78 is 0. The van der Waals surface area contributed by atoms with Gasteiger partial charge in [-0.15, -0.1) is 0 Å². The van der Waals surface area contributed by atoms with Crippen molar-refractivity contribution in [3.05, 3.63) is 0 Å². The van der Waals surface area contributed by atoms with Gasteiger partial charge in [-0.25, -0.2) is 0 Å². The molecule has 112 valence electrons. The first-order chi connectivity index (χ1) is 8.20. The van der Waals surface area contributed by atoms with Crippen LogP contribution in [0.15, 0.2) is 0 Å². The number of nitrogens with one attached hydrogen (secondary N) is 1. The molecule has 0 aliphatic heterocycles. The zero-order chi connectivity index (χ0) is 12.0. The highest BCUT2D eigenvalue weighted by molar-refractivity contribution is 5.78. The van der Waals surface area contributed by atoms with E-state index in [0.717, 1.165) is 30.1 Å². The number of carbonyl (C=O) groups excluding carboxylic acids is 1. The van der Waals surface area contributed by atoms with Crippen molar-refractivity contribution >= 4 is 5.91 Å². The first-order valence-electron chi connectivity index (χ1n) is 7.51. The Morgan fingerprint density at radius 3 is 2.53 bits per heavy atom. The van der Waals surface area contributed by atoms with Crippen molar-refractivity contribution in [3.63, 3.8) is 0 Å². The number of fused-ring (bicyclic) bond motifs is 5. The van der Waals surface area contributed by atoms with Crippen molar-refractivity contribution < 1.29 is 4.79 Å². The Morgan fingerprint density at radius 1 is 1.16 bits per heavy atom. The highest BCUT2D eigenvalue weighted by Gasteiger charge is 2.54. The van der Waals surface area contributed by atoms with Gasteiger partial charge in [-0.1, -0.05) is 35.1 Å². The number of amides is 1. The van der Waals surface area contributed by atoms with Gasteiger partial charge in [0.15, 0.2) is 0 Å². The molecule has 19 heavy (non-hydrogen) atoms. The summed E-state index contributed by atoms with van der Waals surface area (Å²) in [6.07, 6.45) is 7.97. The second-order valence-corrected chi connectivity index (χ2v) is 6.58. The molecule has 2 heteroatoms. The van der Waals surface area contributed by atoms with Crippen molar-refractivity contribution in [2.45, 2.75) is 73.3 Å². The lowest BCUT2D eigenvalue weighted by Crippen LogP contribution is -2.44. The molecule has 2 bridgehead atoms. The van der Waals surface area contributed by atoms with Crippen LogP contribution in [-0.2, 0) is 4.79 Å². The number of hydrogen-bond donors (Lipinski definition) is 1. The van der Waals surface area contributed by atoms with Crippen LogP contribution >= 0.6 is 0 Å². The van der Waals surface area contributed by atoms with Crippen LogP contribution < -0.4 is 5.32 Å². The molecular formula is C17H33NO. The van der Waals surface area contributed by atoms with Crippen LogP contribution in [0.2, 0.25) is 0 Å². The number of carbonyl (C=O) groups is 1. The summed E-state index contributed by atoms with van der Waals surface area (Å²) in [4.78, 5) is 12.0. The molecule has 2 nitrogen and oxygen atoms in total. The summed E-state index contributed by atoms with van der Waals surface area (Å²) in [5.41, 5.74) is 0. The predicted molar refractivity (Wildman–Crippen MR) is 81.9 cm³/mol. The fourth-order valence-corrected chi connectivity index (χ4v) is 4.74. The molecule has 0 spiro atoms. The fourth-order valence-electron chi connectivity index (χ4n) is 4.74. The van der Waals surface area contributed by atoms with Gasteiger partial charge in [0.05, 0.1) is 0 Å². The minimum atomic E-state index is 0. The standard InChI is InChI=1S/C15H25NO.2CH4/c1-3-9(2)15(17)16-14-8-10-7-13(14)12-6-4-5-11(10)12;;/h9-14H,3-8H2,1-2H3,(H,16,17);2*1H4. The maximum Gasteiger partial charge on any atom is 0.223 e. The Hall–Kier alpha value is -0.530. The highest BCUT2D eigenvalue weighted by Crippen LogP contribution is 2.58. The van der Waals surface area contributed by atoms with Crippen molar-refractivity contribution in [1.82, 2.24) is 5.32 Å². The van der Waals surface area contributed by atoms with Crippen molar-refractivity contribution in [3.8, 4) is 0 Å². The lowest BCUT2D eigenvalue weighted by atomic mass is 9.79. The van der Waals surface area contributed by atoms with Gasteiger partial charge in [-0.3, -0.25) is 4.79 Å². The van der Waals surface area contributed by atoms with Gasteiger partial charge in [0.25, 0.3) is 0 Å². The minimum Gasteiger partial charge on any atom is -0.353 e. The molecule has 3 saturated carbocycles. The quantitative estimate of drug-likeness (QED) is 0.814. The SMILES string of the molecule is C.C.CCC(C)C(=O)NC1CC2CC1C1CCCC21. The molecule has 3 aliphatic rings. The van der Waals surface area contributed by atoms with Gasteiger partial charge >= 0.3 is 0 Å². The Morgan fingerprint density at radius 2 is 1.84 bits per heavy atom.